The Bertz CT molecular complexity index is 281. The van der Waals surface area contributed by atoms with Gasteiger partial charge >= 0.3 is 0 Å². The van der Waals surface area contributed by atoms with E-state index in [0.29, 0.717) is 0 Å². The maximum absolute atomic E-state index is 3.36. The fraction of sp³-hybridized carbons (Fsp3) is 0.273. The van der Waals surface area contributed by atoms with Crippen LogP contribution in [-0.2, 0) is 0 Å². The lowest BCUT2D eigenvalue weighted by atomic mass is 10.3. The van der Waals surface area contributed by atoms with Crippen LogP contribution in [0.15, 0.2) is 41.3 Å². The standard InChI is InChI=1S/C11H15NS/c1-3-4-9-12-10-7-5-6-8-11(10)13-2/h3-8,12H,9H2,1-2H3/b4-3+. The molecule has 0 unspecified atom stereocenters. The van der Waals surface area contributed by atoms with Crippen LogP contribution >= 0.6 is 11.8 Å². The molecule has 1 rings (SSSR count). The Morgan fingerprint density at radius 3 is 2.85 bits per heavy atom. The minimum Gasteiger partial charge on any atom is -0.381 e. The van der Waals surface area contributed by atoms with E-state index in [1.54, 1.807) is 11.8 Å². The maximum Gasteiger partial charge on any atom is 0.0480 e. The number of rotatable bonds is 4. The third-order valence-corrected chi connectivity index (χ3v) is 2.55. The van der Waals surface area contributed by atoms with Gasteiger partial charge in [-0.1, -0.05) is 24.3 Å². The Labute approximate surface area is 84.2 Å². The molecular weight excluding hydrogens is 178 g/mol. The van der Waals surface area contributed by atoms with E-state index >= 15 is 0 Å². The van der Waals surface area contributed by atoms with Crippen molar-refractivity contribution in [2.24, 2.45) is 0 Å². The smallest absolute Gasteiger partial charge is 0.0480 e. The zero-order valence-corrected chi connectivity index (χ0v) is 8.90. The molecule has 0 aliphatic heterocycles. The van der Waals surface area contributed by atoms with Crippen molar-refractivity contribution < 1.29 is 0 Å². The van der Waals surface area contributed by atoms with Crippen molar-refractivity contribution in [1.29, 1.82) is 0 Å². The lowest BCUT2D eigenvalue weighted by molar-refractivity contribution is 1.28. The third-order valence-electron chi connectivity index (χ3n) is 1.75. The number of hydrogen-bond donors (Lipinski definition) is 1. The van der Waals surface area contributed by atoms with E-state index in [1.807, 2.05) is 6.92 Å². The maximum atomic E-state index is 3.36. The van der Waals surface area contributed by atoms with Gasteiger partial charge in [-0.2, -0.15) is 0 Å². The lowest BCUT2D eigenvalue weighted by Gasteiger charge is -2.07. The molecule has 0 fully saturated rings. The molecule has 0 saturated heterocycles. The average Bonchev–Trinajstić information content (AvgIpc) is 2.19. The minimum atomic E-state index is 0.897. The molecule has 0 saturated carbocycles. The predicted molar refractivity (Wildman–Crippen MR) is 61.5 cm³/mol. The van der Waals surface area contributed by atoms with Crippen molar-refractivity contribution >= 4 is 17.4 Å². The molecule has 1 aromatic rings. The molecule has 13 heavy (non-hydrogen) atoms. The molecule has 0 atom stereocenters. The van der Waals surface area contributed by atoms with E-state index in [-0.39, 0.29) is 0 Å². The highest BCUT2D eigenvalue weighted by Gasteiger charge is 1.96. The molecule has 2 heteroatoms. The number of benzene rings is 1. The fourth-order valence-corrected chi connectivity index (χ4v) is 1.65. The normalized spacial score (nSPS) is 10.6. The van der Waals surface area contributed by atoms with Crippen LogP contribution in [0.4, 0.5) is 5.69 Å². The zero-order chi connectivity index (χ0) is 9.52. The Hall–Kier alpha value is -0.890. The van der Waals surface area contributed by atoms with Gasteiger partial charge in [0.1, 0.15) is 0 Å². The van der Waals surface area contributed by atoms with Crippen LogP contribution in [0.1, 0.15) is 6.92 Å². The molecule has 1 nitrogen and oxygen atoms in total. The summed E-state index contributed by atoms with van der Waals surface area (Å²) < 4.78 is 0. The van der Waals surface area contributed by atoms with Crippen LogP contribution in [0.5, 0.6) is 0 Å². The number of thioether (sulfide) groups is 1. The van der Waals surface area contributed by atoms with Gasteiger partial charge in [-0.3, -0.25) is 0 Å². The van der Waals surface area contributed by atoms with Gasteiger partial charge in [-0.15, -0.1) is 11.8 Å². The summed E-state index contributed by atoms with van der Waals surface area (Å²) in [6.07, 6.45) is 6.25. The summed E-state index contributed by atoms with van der Waals surface area (Å²) in [5.41, 5.74) is 1.22. The molecular formula is C11H15NS. The quantitative estimate of drug-likeness (QED) is 0.581. The summed E-state index contributed by atoms with van der Waals surface area (Å²) in [5.74, 6) is 0. The fourth-order valence-electron chi connectivity index (χ4n) is 1.08. The van der Waals surface area contributed by atoms with Gasteiger partial charge in [0.05, 0.1) is 0 Å². The summed E-state index contributed by atoms with van der Waals surface area (Å²) in [7, 11) is 0. The first-order valence-electron chi connectivity index (χ1n) is 4.36. The summed E-state index contributed by atoms with van der Waals surface area (Å²) >= 11 is 1.77. The highest BCUT2D eigenvalue weighted by Crippen LogP contribution is 2.24. The molecule has 0 aliphatic carbocycles. The molecule has 0 aliphatic rings. The molecule has 0 bridgehead atoms. The van der Waals surface area contributed by atoms with Gasteiger partial charge in [0.15, 0.2) is 0 Å². The van der Waals surface area contributed by atoms with E-state index < -0.39 is 0 Å². The van der Waals surface area contributed by atoms with Gasteiger partial charge in [-0.05, 0) is 25.3 Å². The largest absolute Gasteiger partial charge is 0.381 e. The van der Waals surface area contributed by atoms with E-state index in [2.05, 4.69) is 48.0 Å². The van der Waals surface area contributed by atoms with Crippen molar-refractivity contribution in [3.8, 4) is 0 Å². The number of para-hydroxylation sites is 1. The molecule has 0 aromatic heterocycles. The van der Waals surface area contributed by atoms with E-state index in [4.69, 9.17) is 0 Å². The first-order valence-corrected chi connectivity index (χ1v) is 5.59. The molecule has 0 radical (unpaired) electrons. The second kappa shape index (κ2) is 5.70. The van der Waals surface area contributed by atoms with Crippen molar-refractivity contribution in [1.82, 2.24) is 0 Å². The van der Waals surface area contributed by atoms with Crippen LogP contribution in [-0.4, -0.2) is 12.8 Å². The molecule has 0 amide bonds. The van der Waals surface area contributed by atoms with Gasteiger partial charge in [0.25, 0.3) is 0 Å². The highest BCUT2D eigenvalue weighted by atomic mass is 32.2. The van der Waals surface area contributed by atoms with Gasteiger partial charge < -0.3 is 5.32 Å². The van der Waals surface area contributed by atoms with Crippen molar-refractivity contribution in [2.75, 3.05) is 18.1 Å². The summed E-state index contributed by atoms with van der Waals surface area (Å²) in [6.45, 7) is 2.93. The minimum absolute atomic E-state index is 0.897. The highest BCUT2D eigenvalue weighted by molar-refractivity contribution is 7.98. The monoisotopic (exact) mass is 193 g/mol. The summed E-state index contributed by atoms with van der Waals surface area (Å²) in [4.78, 5) is 1.30. The Kier molecular flexibility index (Phi) is 4.47. The SMILES string of the molecule is C/C=C/CNc1ccccc1SC. The molecule has 70 valence electrons. The first-order chi connectivity index (χ1) is 6.38. The average molecular weight is 193 g/mol. The number of anilines is 1. The Morgan fingerprint density at radius 2 is 2.15 bits per heavy atom. The molecule has 0 spiro atoms. The van der Waals surface area contributed by atoms with E-state index in [9.17, 15) is 0 Å². The predicted octanol–water partition coefficient (Wildman–Crippen LogP) is 3.40. The second-order valence-electron chi connectivity index (χ2n) is 2.65. The van der Waals surface area contributed by atoms with E-state index in [0.717, 1.165) is 6.54 Å². The lowest BCUT2D eigenvalue weighted by Crippen LogP contribution is -1.98. The van der Waals surface area contributed by atoms with Gasteiger partial charge in [-0.25, -0.2) is 0 Å². The molecule has 1 N–H and O–H groups in total. The Morgan fingerprint density at radius 1 is 1.38 bits per heavy atom. The van der Waals surface area contributed by atoms with Crippen LogP contribution in [0.3, 0.4) is 0 Å². The second-order valence-corrected chi connectivity index (χ2v) is 3.50. The number of hydrogen-bond acceptors (Lipinski definition) is 2. The van der Waals surface area contributed by atoms with Crippen LogP contribution in [0.25, 0.3) is 0 Å². The number of allylic oxidation sites excluding steroid dienone is 1. The molecule has 1 aromatic carbocycles. The third kappa shape index (κ3) is 3.15. The topological polar surface area (TPSA) is 12.0 Å². The first kappa shape index (κ1) is 10.2. The Balaban J connectivity index is 2.64. The van der Waals surface area contributed by atoms with Crippen LogP contribution in [0, 0.1) is 0 Å². The van der Waals surface area contributed by atoms with Crippen LogP contribution < -0.4 is 5.32 Å². The van der Waals surface area contributed by atoms with E-state index in [1.165, 1.54) is 10.6 Å². The van der Waals surface area contributed by atoms with Crippen molar-refractivity contribution in [2.45, 2.75) is 11.8 Å². The van der Waals surface area contributed by atoms with Crippen LogP contribution in [0.2, 0.25) is 0 Å². The van der Waals surface area contributed by atoms with Gasteiger partial charge in [0.2, 0.25) is 0 Å². The zero-order valence-electron chi connectivity index (χ0n) is 8.08. The summed E-state index contributed by atoms with van der Waals surface area (Å²) in [5, 5.41) is 3.36. The summed E-state index contributed by atoms with van der Waals surface area (Å²) in [6, 6.07) is 8.35. The number of nitrogens with one attached hydrogen (secondary N) is 1. The van der Waals surface area contributed by atoms with Crippen molar-refractivity contribution in [3.05, 3.63) is 36.4 Å². The molecule has 0 heterocycles. The van der Waals surface area contributed by atoms with Gasteiger partial charge in [0, 0.05) is 17.1 Å². The van der Waals surface area contributed by atoms with Crippen molar-refractivity contribution in [3.63, 3.8) is 0 Å².